The molecule has 0 radical (unpaired) electrons. The van der Waals surface area contributed by atoms with Crippen molar-refractivity contribution in [1.29, 1.82) is 0 Å². The summed E-state index contributed by atoms with van der Waals surface area (Å²) in [6.07, 6.45) is 0. The lowest BCUT2D eigenvalue weighted by Gasteiger charge is -2.14. The van der Waals surface area contributed by atoms with Crippen LogP contribution in [0.3, 0.4) is 0 Å². The molecule has 1 heterocycles. The topological polar surface area (TPSA) is 50.3 Å². The summed E-state index contributed by atoms with van der Waals surface area (Å²) in [6, 6.07) is 0. The largest absolute Gasteiger partial charge is 0.378 e. The normalized spacial score (nSPS) is 10.9. The molecule has 0 saturated carbocycles. The van der Waals surface area contributed by atoms with Crippen molar-refractivity contribution in [2.24, 2.45) is 0 Å². The molecule has 0 aliphatic carbocycles. The molecule has 0 bridgehead atoms. The molecular weight excluding hydrogens is 284 g/mol. The lowest BCUT2D eigenvalue weighted by Crippen LogP contribution is -2.16. The van der Waals surface area contributed by atoms with E-state index in [4.69, 9.17) is 4.74 Å². The molecule has 6 heteroatoms. The second-order valence-corrected chi connectivity index (χ2v) is 4.74. The van der Waals surface area contributed by atoms with E-state index in [0.717, 1.165) is 28.4 Å². The van der Waals surface area contributed by atoms with E-state index >= 15 is 0 Å². The van der Waals surface area contributed by atoms with Gasteiger partial charge in [-0.25, -0.2) is 9.97 Å². The summed E-state index contributed by atoms with van der Waals surface area (Å²) in [5.41, 5.74) is 0.871. The number of methoxy groups -OCH3 is 1. The monoisotopic (exact) mass is 302 g/mol. The lowest BCUT2D eigenvalue weighted by atomic mass is 10.3. The molecule has 1 N–H and O–H groups in total. The van der Waals surface area contributed by atoms with Crippen LogP contribution in [0.4, 0.5) is 5.82 Å². The predicted molar refractivity (Wildman–Crippen MR) is 72.0 cm³/mol. The number of hydrogen-bond donors (Lipinski definition) is 1. The summed E-state index contributed by atoms with van der Waals surface area (Å²) >= 11 is 3.50. The molecule has 17 heavy (non-hydrogen) atoms. The van der Waals surface area contributed by atoms with Crippen LogP contribution in [-0.4, -0.2) is 42.6 Å². The summed E-state index contributed by atoms with van der Waals surface area (Å²) in [6.45, 7) is 4.05. The number of hydrogen-bond acceptors (Lipinski definition) is 5. The van der Waals surface area contributed by atoms with Crippen LogP contribution < -0.4 is 5.32 Å². The van der Waals surface area contributed by atoms with Gasteiger partial charge in [-0.2, -0.15) is 0 Å². The van der Waals surface area contributed by atoms with Crippen LogP contribution in [0.15, 0.2) is 4.47 Å². The average molecular weight is 303 g/mol. The van der Waals surface area contributed by atoms with Crippen LogP contribution in [0, 0.1) is 0 Å². The Hall–Kier alpha value is -0.720. The third kappa shape index (κ3) is 4.22. The van der Waals surface area contributed by atoms with E-state index in [0.29, 0.717) is 13.2 Å². The van der Waals surface area contributed by atoms with Gasteiger partial charge in [-0.15, -0.1) is 0 Å². The molecule has 0 spiro atoms. The Morgan fingerprint density at radius 3 is 2.59 bits per heavy atom. The van der Waals surface area contributed by atoms with Gasteiger partial charge in [-0.1, -0.05) is 0 Å². The zero-order valence-corrected chi connectivity index (χ0v) is 12.3. The van der Waals surface area contributed by atoms with Gasteiger partial charge in [-0.3, -0.25) is 0 Å². The van der Waals surface area contributed by atoms with Crippen molar-refractivity contribution in [1.82, 2.24) is 14.9 Å². The van der Waals surface area contributed by atoms with Gasteiger partial charge in [0.15, 0.2) is 0 Å². The summed E-state index contributed by atoms with van der Waals surface area (Å²) in [5, 5.41) is 3.22. The summed E-state index contributed by atoms with van der Waals surface area (Å²) in [5.74, 6) is 1.62. The quantitative estimate of drug-likeness (QED) is 0.869. The van der Waals surface area contributed by atoms with Crippen molar-refractivity contribution in [2.75, 3.05) is 33.1 Å². The Bertz CT molecular complexity index is 343. The van der Waals surface area contributed by atoms with Crippen LogP contribution in [0.25, 0.3) is 0 Å². The fourth-order valence-electron chi connectivity index (χ4n) is 1.42. The van der Waals surface area contributed by atoms with E-state index in [1.165, 1.54) is 0 Å². The SMILES string of the molecule is CCNc1nc(CN(C)C)nc(COC)c1Br. The molecule has 1 rings (SSSR count). The first-order chi connectivity index (χ1) is 8.08. The zero-order valence-electron chi connectivity index (χ0n) is 10.7. The van der Waals surface area contributed by atoms with E-state index in [2.05, 4.69) is 31.2 Å². The number of anilines is 1. The minimum atomic E-state index is 0.474. The van der Waals surface area contributed by atoms with Crippen LogP contribution in [0.2, 0.25) is 0 Å². The van der Waals surface area contributed by atoms with Gasteiger partial charge >= 0.3 is 0 Å². The maximum atomic E-state index is 5.14. The van der Waals surface area contributed by atoms with Gasteiger partial charge in [0.1, 0.15) is 11.6 Å². The molecule has 0 aliphatic heterocycles. The number of aromatic nitrogens is 2. The highest BCUT2D eigenvalue weighted by molar-refractivity contribution is 9.10. The second-order valence-electron chi connectivity index (χ2n) is 3.95. The van der Waals surface area contributed by atoms with Gasteiger partial charge < -0.3 is 15.0 Å². The van der Waals surface area contributed by atoms with Crippen molar-refractivity contribution in [2.45, 2.75) is 20.1 Å². The highest BCUT2D eigenvalue weighted by Gasteiger charge is 2.12. The molecule has 1 aromatic rings. The molecule has 0 atom stereocenters. The zero-order chi connectivity index (χ0) is 12.8. The first-order valence-corrected chi connectivity index (χ1v) is 6.30. The third-order valence-corrected chi connectivity index (χ3v) is 2.88. The Labute approximate surface area is 111 Å². The molecular formula is C11H19BrN4O. The Balaban J connectivity index is 3.06. The van der Waals surface area contributed by atoms with Crippen LogP contribution in [0.5, 0.6) is 0 Å². The van der Waals surface area contributed by atoms with Crippen molar-refractivity contribution < 1.29 is 4.74 Å². The Kier molecular flexibility index (Phi) is 5.80. The summed E-state index contributed by atoms with van der Waals surface area (Å²) in [4.78, 5) is 11.0. The minimum Gasteiger partial charge on any atom is -0.378 e. The maximum Gasteiger partial charge on any atom is 0.145 e. The Morgan fingerprint density at radius 1 is 1.35 bits per heavy atom. The van der Waals surface area contributed by atoms with E-state index in [1.807, 2.05) is 25.9 Å². The van der Waals surface area contributed by atoms with Gasteiger partial charge in [0.2, 0.25) is 0 Å². The van der Waals surface area contributed by atoms with Gasteiger partial charge in [0, 0.05) is 13.7 Å². The third-order valence-electron chi connectivity index (χ3n) is 2.05. The smallest absolute Gasteiger partial charge is 0.145 e. The lowest BCUT2D eigenvalue weighted by molar-refractivity contribution is 0.180. The number of halogens is 1. The van der Waals surface area contributed by atoms with Crippen molar-refractivity contribution in [3.05, 3.63) is 16.0 Å². The number of rotatable bonds is 6. The maximum absolute atomic E-state index is 5.14. The molecule has 0 amide bonds. The average Bonchev–Trinajstić information content (AvgIpc) is 2.24. The molecule has 0 fully saturated rings. The summed E-state index contributed by atoms with van der Waals surface area (Å²) in [7, 11) is 5.65. The van der Waals surface area contributed by atoms with E-state index < -0.39 is 0 Å². The van der Waals surface area contributed by atoms with Crippen LogP contribution >= 0.6 is 15.9 Å². The highest BCUT2D eigenvalue weighted by atomic mass is 79.9. The molecule has 5 nitrogen and oxygen atoms in total. The Morgan fingerprint density at radius 2 is 2.06 bits per heavy atom. The van der Waals surface area contributed by atoms with E-state index in [9.17, 15) is 0 Å². The highest BCUT2D eigenvalue weighted by Crippen LogP contribution is 2.24. The van der Waals surface area contributed by atoms with Gasteiger partial charge in [0.25, 0.3) is 0 Å². The van der Waals surface area contributed by atoms with Crippen molar-refractivity contribution in [3.8, 4) is 0 Å². The van der Waals surface area contributed by atoms with Crippen LogP contribution in [0.1, 0.15) is 18.4 Å². The minimum absolute atomic E-state index is 0.474. The van der Waals surface area contributed by atoms with Gasteiger partial charge in [0.05, 0.1) is 23.3 Å². The number of nitrogens with one attached hydrogen (secondary N) is 1. The number of ether oxygens (including phenoxy) is 1. The summed E-state index contributed by atoms with van der Waals surface area (Å²) < 4.78 is 6.02. The first-order valence-electron chi connectivity index (χ1n) is 5.51. The fraction of sp³-hybridized carbons (Fsp3) is 0.636. The number of nitrogens with zero attached hydrogens (tertiary/aromatic N) is 3. The molecule has 0 saturated heterocycles. The molecule has 0 aliphatic rings. The molecule has 96 valence electrons. The predicted octanol–water partition coefficient (Wildman–Crippen LogP) is 1.88. The molecule has 1 aromatic heterocycles. The van der Waals surface area contributed by atoms with Crippen molar-refractivity contribution >= 4 is 21.7 Å². The van der Waals surface area contributed by atoms with Gasteiger partial charge in [-0.05, 0) is 36.9 Å². The van der Waals surface area contributed by atoms with Crippen LogP contribution in [-0.2, 0) is 17.9 Å². The fourth-order valence-corrected chi connectivity index (χ4v) is 1.85. The van der Waals surface area contributed by atoms with E-state index in [1.54, 1.807) is 7.11 Å². The van der Waals surface area contributed by atoms with E-state index in [-0.39, 0.29) is 0 Å². The standard InChI is InChI=1S/C11H19BrN4O/c1-5-13-11-10(12)8(7-17-4)14-9(15-11)6-16(2)3/h5-7H2,1-4H3,(H,13,14,15). The molecule has 0 aromatic carbocycles. The second kappa shape index (κ2) is 6.88. The molecule has 0 unspecified atom stereocenters. The first kappa shape index (κ1) is 14.3. The van der Waals surface area contributed by atoms with Crippen molar-refractivity contribution in [3.63, 3.8) is 0 Å².